The van der Waals surface area contributed by atoms with Crippen LogP contribution in [0.25, 0.3) is 0 Å². The second-order valence-electron chi connectivity index (χ2n) is 5.24. The zero-order valence-electron chi connectivity index (χ0n) is 12.2. The number of nitrogens with zero attached hydrogens (tertiary/aromatic N) is 2. The maximum atomic E-state index is 12.3. The highest BCUT2D eigenvalue weighted by atomic mass is 35.5. The third-order valence-corrected chi connectivity index (χ3v) is 5.18. The van der Waals surface area contributed by atoms with Crippen molar-refractivity contribution in [2.24, 2.45) is 0 Å². The summed E-state index contributed by atoms with van der Waals surface area (Å²) >= 11 is 6.05. The molecule has 7 heteroatoms. The summed E-state index contributed by atoms with van der Waals surface area (Å²) in [5.41, 5.74) is 1.11. The average Bonchev–Trinajstić information content (AvgIpc) is 2.92. The van der Waals surface area contributed by atoms with Crippen LogP contribution in [0.1, 0.15) is 18.4 Å². The number of amides is 1. The fourth-order valence-corrected chi connectivity index (χ4v) is 3.51. The second kappa shape index (κ2) is 6.23. The Kier molecular flexibility index (Phi) is 4.78. The standard InChI is InChI=1S/C14H19ClN2O3S/c1-11-12(15)6-5-7-13(11)17(21(2,19)20)10-14(18)16-8-3-4-9-16/h5-7H,3-4,8-10H2,1-2H3. The van der Waals surface area contributed by atoms with E-state index in [9.17, 15) is 13.2 Å². The summed E-state index contributed by atoms with van der Waals surface area (Å²) in [7, 11) is -3.55. The second-order valence-corrected chi connectivity index (χ2v) is 7.56. The summed E-state index contributed by atoms with van der Waals surface area (Å²) in [5, 5.41) is 0.481. The van der Waals surface area contributed by atoms with Gasteiger partial charge >= 0.3 is 0 Å². The molecule has 0 unspecified atom stereocenters. The topological polar surface area (TPSA) is 57.7 Å². The van der Waals surface area contributed by atoms with Gasteiger partial charge in [-0.2, -0.15) is 0 Å². The van der Waals surface area contributed by atoms with Crippen LogP contribution in [0.3, 0.4) is 0 Å². The lowest BCUT2D eigenvalue weighted by Crippen LogP contribution is -2.41. The number of hydrogen-bond donors (Lipinski definition) is 0. The SMILES string of the molecule is Cc1c(Cl)cccc1N(CC(=O)N1CCCC1)S(C)(=O)=O. The first-order valence-electron chi connectivity index (χ1n) is 6.81. The van der Waals surface area contributed by atoms with Crippen LogP contribution >= 0.6 is 11.6 Å². The van der Waals surface area contributed by atoms with Crippen LogP contribution in [0.2, 0.25) is 5.02 Å². The van der Waals surface area contributed by atoms with Crippen molar-refractivity contribution < 1.29 is 13.2 Å². The molecule has 0 atom stereocenters. The maximum Gasteiger partial charge on any atom is 0.243 e. The van der Waals surface area contributed by atoms with Crippen molar-refractivity contribution in [2.45, 2.75) is 19.8 Å². The third kappa shape index (κ3) is 3.68. The minimum Gasteiger partial charge on any atom is -0.341 e. The van der Waals surface area contributed by atoms with Gasteiger partial charge < -0.3 is 4.90 Å². The van der Waals surface area contributed by atoms with E-state index in [0.717, 1.165) is 23.4 Å². The predicted octanol–water partition coefficient (Wildman–Crippen LogP) is 2.04. The molecule has 2 rings (SSSR count). The van der Waals surface area contributed by atoms with Gasteiger partial charge in [0.15, 0.2) is 0 Å². The minimum absolute atomic E-state index is 0.169. The van der Waals surface area contributed by atoms with Crippen LogP contribution in [-0.2, 0) is 14.8 Å². The first-order chi connectivity index (χ1) is 9.80. The highest BCUT2D eigenvalue weighted by Crippen LogP contribution is 2.28. The maximum absolute atomic E-state index is 12.3. The fourth-order valence-electron chi connectivity index (χ4n) is 2.44. The molecule has 21 heavy (non-hydrogen) atoms. The van der Waals surface area contributed by atoms with Crippen molar-refractivity contribution in [1.29, 1.82) is 0 Å². The normalized spacial score (nSPS) is 15.3. The number of benzene rings is 1. The summed E-state index contributed by atoms with van der Waals surface area (Å²) in [4.78, 5) is 14.0. The van der Waals surface area contributed by atoms with Crippen LogP contribution in [-0.4, -0.2) is 45.1 Å². The van der Waals surface area contributed by atoms with Gasteiger partial charge in [-0.25, -0.2) is 8.42 Å². The first kappa shape index (κ1) is 16.1. The number of carbonyl (C=O) groups is 1. The van der Waals surface area contributed by atoms with E-state index >= 15 is 0 Å². The van der Waals surface area contributed by atoms with E-state index in [0.29, 0.717) is 29.4 Å². The zero-order chi connectivity index (χ0) is 15.6. The Morgan fingerprint density at radius 1 is 1.33 bits per heavy atom. The molecular formula is C14H19ClN2O3S. The lowest BCUT2D eigenvalue weighted by molar-refractivity contribution is -0.128. The number of carbonyl (C=O) groups excluding carboxylic acids is 1. The van der Waals surface area contributed by atoms with Crippen molar-refractivity contribution in [3.8, 4) is 0 Å². The molecule has 0 radical (unpaired) electrons. The quantitative estimate of drug-likeness (QED) is 0.849. The molecule has 1 aliphatic heterocycles. The molecule has 116 valence electrons. The summed E-state index contributed by atoms with van der Waals surface area (Å²) in [6.45, 7) is 2.96. The molecule has 0 saturated carbocycles. The highest BCUT2D eigenvalue weighted by Gasteiger charge is 2.26. The molecule has 0 bridgehead atoms. The zero-order valence-corrected chi connectivity index (χ0v) is 13.7. The van der Waals surface area contributed by atoms with E-state index in [4.69, 9.17) is 11.6 Å². The molecule has 0 spiro atoms. The Morgan fingerprint density at radius 3 is 2.52 bits per heavy atom. The molecule has 1 aromatic rings. The Balaban J connectivity index is 2.31. The highest BCUT2D eigenvalue weighted by molar-refractivity contribution is 7.92. The third-order valence-electron chi connectivity index (χ3n) is 3.65. The summed E-state index contributed by atoms with van der Waals surface area (Å²) in [6.07, 6.45) is 3.05. The van der Waals surface area contributed by atoms with Gasteiger partial charge in [0.2, 0.25) is 15.9 Å². The van der Waals surface area contributed by atoms with E-state index in [-0.39, 0.29) is 12.5 Å². The average molecular weight is 331 g/mol. The molecule has 1 saturated heterocycles. The molecular weight excluding hydrogens is 312 g/mol. The predicted molar refractivity (Wildman–Crippen MR) is 84.2 cm³/mol. The molecule has 0 aromatic heterocycles. The number of anilines is 1. The molecule has 1 amide bonds. The Morgan fingerprint density at radius 2 is 1.95 bits per heavy atom. The van der Waals surface area contributed by atoms with Crippen molar-refractivity contribution in [2.75, 3.05) is 30.2 Å². The molecule has 1 aliphatic rings. The summed E-state index contributed by atoms with van der Waals surface area (Å²) in [6, 6.07) is 5.05. The molecule has 1 aromatic carbocycles. The largest absolute Gasteiger partial charge is 0.341 e. The van der Waals surface area contributed by atoms with Crippen LogP contribution in [0.15, 0.2) is 18.2 Å². The van der Waals surface area contributed by atoms with E-state index < -0.39 is 10.0 Å². The van der Waals surface area contributed by atoms with Gasteiger partial charge in [-0.05, 0) is 37.5 Å². The number of halogens is 1. The lowest BCUT2D eigenvalue weighted by Gasteiger charge is -2.26. The van der Waals surface area contributed by atoms with Crippen molar-refractivity contribution >= 4 is 33.2 Å². The smallest absolute Gasteiger partial charge is 0.243 e. The van der Waals surface area contributed by atoms with Gasteiger partial charge in [0.25, 0.3) is 0 Å². The minimum atomic E-state index is -3.55. The number of sulfonamides is 1. The number of rotatable bonds is 4. The van der Waals surface area contributed by atoms with Crippen molar-refractivity contribution in [3.05, 3.63) is 28.8 Å². The molecule has 0 aliphatic carbocycles. The van der Waals surface area contributed by atoms with Crippen LogP contribution < -0.4 is 4.31 Å². The summed E-state index contributed by atoms with van der Waals surface area (Å²) < 4.78 is 25.2. The molecule has 1 heterocycles. The Hall–Kier alpha value is -1.27. The van der Waals surface area contributed by atoms with Crippen LogP contribution in [0, 0.1) is 6.92 Å². The van der Waals surface area contributed by atoms with Gasteiger partial charge in [0, 0.05) is 18.1 Å². The van der Waals surface area contributed by atoms with Crippen molar-refractivity contribution in [3.63, 3.8) is 0 Å². The molecule has 5 nitrogen and oxygen atoms in total. The Bertz CT molecular complexity index is 640. The van der Waals surface area contributed by atoms with E-state index in [1.54, 1.807) is 30.0 Å². The van der Waals surface area contributed by atoms with Gasteiger partial charge in [-0.15, -0.1) is 0 Å². The van der Waals surface area contributed by atoms with Gasteiger partial charge in [-0.3, -0.25) is 9.10 Å². The fraction of sp³-hybridized carbons (Fsp3) is 0.500. The van der Waals surface area contributed by atoms with E-state index in [2.05, 4.69) is 0 Å². The van der Waals surface area contributed by atoms with Crippen LogP contribution in [0.4, 0.5) is 5.69 Å². The van der Waals surface area contributed by atoms with Crippen molar-refractivity contribution in [1.82, 2.24) is 4.90 Å². The van der Waals surface area contributed by atoms with E-state index in [1.165, 1.54) is 0 Å². The van der Waals surface area contributed by atoms with Crippen LogP contribution in [0.5, 0.6) is 0 Å². The molecule has 1 fully saturated rings. The summed E-state index contributed by atoms with van der Waals surface area (Å²) in [5.74, 6) is -0.169. The van der Waals surface area contributed by atoms with Gasteiger partial charge in [0.05, 0.1) is 11.9 Å². The lowest BCUT2D eigenvalue weighted by atomic mass is 10.2. The molecule has 0 N–H and O–H groups in total. The Labute approximate surface area is 130 Å². The first-order valence-corrected chi connectivity index (χ1v) is 9.04. The van der Waals surface area contributed by atoms with Gasteiger partial charge in [0.1, 0.15) is 6.54 Å². The monoisotopic (exact) mass is 330 g/mol. The van der Waals surface area contributed by atoms with Gasteiger partial charge in [-0.1, -0.05) is 17.7 Å². The number of hydrogen-bond acceptors (Lipinski definition) is 3. The van der Waals surface area contributed by atoms with E-state index in [1.807, 2.05) is 0 Å². The number of likely N-dealkylation sites (tertiary alicyclic amines) is 1.